The van der Waals surface area contributed by atoms with Gasteiger partial charge in [-0.2, -0.15) is 0 Å². The molecule has 0 aliphatic carbocycles. The molecule has 4 heterocycles. The molecule has 4 nitrogen and oxygen atoms in total. The van der Waals surface area contributed by atoms with Crippen LogP contribution in [0.15, 0.2) is 182 Å². The van der Waals surface area contributed by atoms with Crippen LogP contribution in [0, 0.1) is 0 Å². The third-order valence-corrected chi connectivity index (χ3v) is 13.7. The van der Waals surface area contributed by atoms with Crippen molar-refractivity contribution in [3.63, 3.8) is 0 Å². The van der Waals surface area contributed by atoms with E-state index in [2.05, 4.69) is 126 Å². The number of rotatable bonds is 5. The van der Waals surface area contributed by atoms with Crippen molar-refractivity contribution in [1.82, 2.24) is 19.5 Å². The molecule has 0 N–H and O–H groups in total. The highest BCUT2D eigenvalue weighted by Crippen LogP contribution is 2.47. The first-order chi connectivity index (χ1) is 28.2. The van der Waals surface area contributed by atoms with E-state index < -0.39 is 0 Å². The quantitative estimate of drug-likeness (QED) is 0.175. The molecular formula is C51H30N4S2. The van der Waals surface area contributed by atoms with Gasteiger partial charge in [-0.1, -0.05) is 133 Å². The number of nitrogens with zero attached hydrogens (tertiary/aromatic N) is 4. The molecule has 8 aromatic carbocycles. The van der Waals surface area contributed by atoms with Gasteiger partial charge in [0.05, 0.1) is 20.4 Å². The number of hydrogen-bond acceptors (Lipinski definition) is 5. The van der Waals surface area contributed by atoms with Crippen LogP contribution in [-0.4, -0.2) is 19.5 Å². The molecule has 0 bridgehead atoms. The second kappa shape index (κ2) is 12.8. The number of hydrogen-bond donors (Lipinski definition) is 0. The molecule has 6 heteroatoms. The second-order valence-corrected chi connectivity index (χ2v) is 16.4. The average molecular weight is 763 g/mol. The summed E-state index contributed by atoms with van der Waals surface area (Å²) in [5.41, 5.74) is 8.76. The number of benzene rings is 8. The molecule has 0 aliphatic rings. The second-order valence-electron chi connectivity index (χ2n) is 14.4. The lowest BCUT2D eigenvalue weighted by Gasteiger charge is -2.11. The van der Waals surface area contributed by atoms with Crippen LogP contribution in [-0.2, 0) is 0 Å². The fourth-order valence-corrected chi connectivity index (χ4v) is 11.1. The Morgan fingerprint density at radius 1 is 0.333 bits per heavy atom. The van der Waals surface area contributed by atoms with E-state index in [-0.39, 0.29) is 0 Å². The van der Waals surface area contributed by atoms with E-state index in [0.29, 0.717) is 17.5 Å². The predicted molar refractivity (Wildman–Crippen MR) is 242 cm³/mol. The van der Waals surface area contributed by atoms with Gasteiger partial charge >= 0.3 is 0 Å². The van der Waals surface area contributed by atoms with E-state index in [1.807, 2.05) is 83.3 Å². The third kappa shape index (κ3) is 5.15. The molecule has 0 saturated carbocycles. The molecule has 12 rings (SSSR count). The highest BCUT2D eigenvalue weighted by atomic mass is 32.1. The van der Waals surface area contributed by atoms with Crippen molar-refractivity contribution in [2.24, 2.45) is 0 Å². The van der Waals surface area contributed by atoms with Crippen molar-refractivity contribution in [2.45, 2.75) is 0 Å². The third-order valence-electron chi connectivity index (χ3n) is 11.1. The van der Waals surface area contributed by atoms with Gasteiger partial charge in [-0.15, -0.1) is 22.7 Å². The Morgan fingerprint density at radius 3 is 1.58 bits per heavy atom. The van der Waals surface area contributed by atoms with Gasteiger partial charge in [-0.05, 0) is 59.7 Å². The molecule has 0 spiro atoms. The maximum atomic E-state index is 4.96. The molecule has 57 heavy (non-hydrogen) atoms. The molecule has 0 aliphatic heterocycles. The lowest BCUT2D eigenvalue weighted by atomic mass is 10.0. The Balaban J connectivity index is 0.975. The summed E-state index contributed by atoms with van der Waals surface area (Å²) in [6.45, 7) is 0. The maximum Gasteiger partial charge on any atom is 0.164 e. The van der Waals surface area contributed by atoms with Crippen molar-refractivity contribution in [1.29, 1.82) is 0 Å². The van der Waals surface area contributed by atoms with Crippen LogP contribution in [0.25, 0.3) is 113 Å². The lowest BCUT2D eigenvalue weighted by molar-refractivity contribution is 1.07. The first kappa shape index (κ1) is 32.3. The number of fused-ring (bicyclic) bond motifs is 10. The zero-order chi connectivity index (χ0) is 37.5. The Bertz CT molecular complexity index is 3450. The van der Waals surface area contributed by atoms with Crippen molar-refractivity contribution in [2.75, 3.05) is 0 Å². The molecule has 0 fully saturated rings. The van der Waals surface area contributed by atoms with E-state index in [4.69, 9.17) is 15.0 Å². The van der Waals surface area contributed by atoms with Gasteiger partial charge in [0, 0.05) is 64.1 Å². The number of aromatic nitrogens is 4. The van der Waals surface area contributed by atoms with Crippen LogP contribution in [0.3, 0.4) is 0 Å². The van der Waals surface area contributed by atoms with E-state index in [9.17, 15) is 0 Å². The van der Waals surface area contributed by atoms with Crippen LogP contribution < -0.4 is 0 Å². The summed E-state index contributed by atoms with van der Waals surface area (Å²) in [5, 5.41) is 7.80. The molecule has 0 unspecified atom stereocenters. The van der Waals surface area contributed by atoms with Crippen molar-refractivity contribution >= 4 is 84.8 Å². The number of thiophene rings is 2. The molecule has 0 radical (unpaired) electrons. The molecule has 0 amide bonds. The highest BCUT2D eigenvalue weighted by molar-refractivity contribution is 7.33. The van der Waals surface area contributed by atoms with Crippen LogP contribution >= 0.6 is 22.7 Å². The monoisotopic (exact) mass is 762 g/mol. The zero-order valence-electron chi connectivity index (χ0n) is 30.4. The van der Waals surface area contributed by atoms with Gasteiger partial charge in [0.25, 0.3) is 0 Å². The van der Waals surface area contributed by atoms with Crippen molar-refractivity contribution in [3.05, 3.63) is 182 Å². The lowest BCUT2D eigenvalue weighted by Crippen LogP contribution is -2.00. The van der Waals surface area contributed by atoms with Gasteiger partial charge < -0.3 is 4.57 Å². The molecule has 0 atom stereocenters. The molecule has 0 saturated heterocycles. The first-order valence-corrected chi connectivity index (χ1v) is 20.7. The Morgan fingerprint density at radius 2 is 0.860 bits per heavy atom. The molecule has 4 aromatic heterocycles. The summed E-state index contributed by atoms with van der Waals surface area (Å²) in [5.74, 6) is 1.95. The first-order valence-electron chi connectivity index (χ1n) is 19.0. The standard InChI is InChI=1S/C51H30N4S2/c1-3-12-31(13-4-1)49-52-50(32-14-5-2-6-15-32)54-51(53-49)33-22-25-35(26-23-33)55-43-20-9-7-16-37(43)42-30-34(24-29-44(42)55)36-18-11-19-39-41-28-27-40-38-17-8-10-21-45(38)56-47(40)48(41)57-46(36)39/h1-30H. The van der Waals surface area contributed by atoms with E-state index >= 15 is 0 Å². The summed E-state index contributed by atoms with van der Waals surface area (Å²) in [7, 11) is 0. The van der Waals surface area contributed by atoms with Gasteiger partial charge in [0.15, 0.2) is 17.5 Å². The number of para-hydroxylation sites is 1. The topological polar surface area (TPSA) is 43.6 Å². The van der Waals surface area contributed by atoms with Crippen LogP contribution in [0.4, 0.5) is 0 Å². The van der Waals surface area contributed by atoms with E-state index in [1.165, 1.54) is 73.3 Å². The Kier molecular flexibility index (Phi) is 7.24. The predicted octanol–water partition coefficient (Wildman–Crippen LogP) is 14.4. The summed E-state index contributed by atoms with van der Waals surface area (Å²) >= 11 is 3.84. The van der Waals surface area contributed by atoms with Crippen molar-refractivity contribution < 1.29 is 0 Å². The fraction of sp³-hybridized carbons (Fsp3) is 0. The smallest absolute Gasteiger partial charge is 0.164 e. The largest absolute Gasteiger partial charge is 0.309 e. The van der Waals surface area contributed by atoms with Crippen molar-refractivity contribution in [3.8, 4) is 51.0 Å². The molecule has 12 aromatic rings. The summed E-state index contributed by atoms with van der Waals surface area (Å²) in [6.07, 6.45) is 0. The zero-order valence-corrected chi connectivity index (χ0v) is 32.1. The summed E-state index contributed by atoms with van der Waals surface area (Å²) < 4.78 is 7.81. The van der Waals surface area contributed by atoms with E-state index in [1.54, 1.807) is 0 Å². The Hall–Kier alpha value is -6.99. The SMILES string of the molecule is c1ccc(-c2nc(-c3ccccc3)nc(-c3ccc(-n4c5ccccc5c5cc(-c6cccc7c6sc6c7ccc7c8ccccc8sc76)ccc54)cc3)n2)cc1. The minimum Gasteiger partial charge on any atom is -0.309 e. The Labute approximate surface area is 335 Å². The van der Waals surface area contributed by atoms with Gasteiger partial charge in [0.1, 0.15) is 0 Å². The average Bonchev–Trinajstić information content (AvgIpc) is 3.97. The highest BCUT2D eigenvalue weighted by Gasteiger charge is 2.18. The van der Waals surface area contributed by atoms with E-state index in [0.717, 1.165) is 22.4 Å². The summed E-state index contributed by atoms with van der Waals surface area (Å²) in [6, 6.07) is 64.7. The van der Waals surface area contributed by atoms with Gasteiger partial charge in [-0.25, -0.2) is 15.0 Å². The van der Waals surface area contributed by atoms with Crippen LogP contribution in [0.2, 0.25) is 0 Å². The normalized spacial score (nSPS) is 11.9. The maximum absolute atomic E-state index is 4.96. The minimum absolute atomic E-state index is 0.643. The minimum atomic E-state index is 0.643. The van der Waals surface area contributed by atoms with Gasteiger partial charge in [0.2, 0.25) is 0 Å². The van der Waals surface area contributed by atoms with Crippen LogP contribution in [0.1, 0.15) is 0 Å². The molecular weight excluding hydrogens is 733 g/mol. The summed E-state index contributed by atoms with van der Waals surface area (Å²) in [4.78, 5) is 14.8. The fourth-order valence-electron chi connectivity index (χ4n) is 8.38. The van der Waals surface area contributed by atoms with Crippen LogP contribution in [0.5, 0.6) is 0 Å². The van der Waals surface area contributed by atoms with Gasteiger partial charge in [-0.3, -0.25) is 0 Å². The molecule has 266 valence electrons.